The number of nitrogens with zero attached hydrogens (tertiary/aromatic N) is 1. The summed E-state index contributed by atoms with van der Waals surface area (Å²) in [5, 5.41) is 9.24. The van der Waals surface area contributed by atoms with Gasteiger partial charge in [-0.15, -0.1) is 0 Å². The molecule has 0 aromatic heterocycles. The van der Waals surface area contributed by atoms with Crippen LogP contribution in [0.5, 0.6) is 11.5 Å². The average Bonchev–Trinajstić information content (AvgIpc) is 2.86. The highest BCUT2D eigenvalue weighted by Gasteiger charge is 2.29. The van der Waals surface area contributed by atoms with E-state index in [9.17, 15) is 9.90 Å². The van der Waals surface area contributed by atoms with Crippen molar-refractivity contribution < 1.29 is 19.4 Å². The second kappa shape index (κ2) is 5.30. The summed E-state index contributed by atoms with van der Waals surface area (Å²) in [4.78, 5) is 13.3. The lowest BCUT2D eigenvalue weighted by molar-refractivity contribution is -0.142. The first-order valence-electron chi connectivity index (χ1n) is 6.17. The molecule has 2 aliphatic rings. The van der Waals surface area contributed by atoms with Crippen molar-refractivity contribution in [2.75, 3.05) is 24.8 Å². The molecule has 0 radical (unpaired) electrons. The van der Waals surface area contributed by atoms with Crippen LogP contribution in [0.1, 0.15) is 5.56 Å². The summed E-state index contributed by atoms with van der Waals surface area (Å²) in [6.07, 6.45) is 0. The van der Waals surface area contributed by atoms with Crippen molar-refractivity contribution in [1.82, 2.24) is 4.90 Å². The van der Waals surface area contributed by atoms with E-state index in [-0.39, 0.29) is 6.79 Å². The number of carbonyl (C=O) groups is 1. The molecule has 1 N–H and O–H groups in total. The summed E-state index contributed by atoms with van der Waals surface area (Å²) in [6.45, 7) is 1.70. The van der Waals surface area contributed by atoms with Crippen molar-refractivity contribution in [1.29, 1.82) is 0 Å². The number of fused-ring (bicyclic) bond motifs is 1. The molecular formula is C13H15NO4S. The van der Waals surface area contributed by atoms with Gasteiger partial charge in [0.1, 0.15) is 6.04 Å². The van der Waals surface area contributed by atoms with Crippen LogP contribution in [0.4, 0.5) is 0 Å². The van der Waals surface area contributed by atoms with Gasteiger partial charge in [0.05, 0.1) is 0 Å². The predicted molar refractivity (Wildman–Crippen MR) is 71.7 cm³/mol. The fraction of sp³-hybridized carbons (Fsp3) is 0.462. The Morgan fingerprint density at radius 3 is 3.11 bits per heavy atom. The fourth-order valence-electron chi connectivity index (χ4n) is 2.33. The van der Waals surface area contributed by atoms with E-state index in [1.54, 1.807) is 11.8 Å². The van der Waals surface area contributed by atoms with Crippen molar-refractivity contribution in [3.05, 3.63) is 23.8 Å². The highest BCUT2D eigenvalue weighted by molar-refractivity contribution is 7.99. The Balaban J connectivity index is 1.74. The number of thioether (sulfide) groups is 1. The largest absolute Gasteiger partial charge is 0.480 e. The van der Waals surface area contributed by atoms with Gasteiger partial charge in [0.15, 0.2) is 11.5 Å². The fourth-order valence-corrected chi connectivity index (χ4v) is 3.44. The Morgan fingerprint density at radius 2 is 2.26 bits per heavy atom. The van der Waals surface area contributed by atoms with Gasteiger partial charge in [0, 0.05) is 24.6 Å². The molecule has 0 amide bonds. The summed E-state index contributed by atoms with van der Waals surface area (Å²) in [6, 6.07) is 5.38. The molecule has 1 atom stereocenters. The van der Waals surface area contributed by atoms with Crippen LogP contribution in [-0.4, -0.2) is 46.9 Å². The highest BCUT2D eigenvalue weighted by atomic mass is 32.2. The molecule has 1 fully saturated rings. The number of carboxylic acid groups (broad SMARTS) is 1. The maximum atomic E-state index is 11.2. The minimum atomic E-state index is -0.743. The van der Waals surface area contributed by atoms with Crippen molar-refractivity contribution in [2.45, 2.75) is 12.6 Å². The first-order valence-corrected chi connectivity index (χ1v) is 7.32. The van der Waals surface area contributed by atoms with E-state index in [2.05, 4.69) is 0 Å². The van der Waals surface area contributed by atoms with Crippen molar-refractivity contribution in [2.24, 2.45) is 0 Å². The molecule has 19 heavy (non-hydrogen) atoms. The molecule has 1 aromatic carbocycles. The zero-order chi connectivity index (χ0) is 13.2. The smallest absolute Gasteiger partial charge is 0.321 e. The summed E-state index contributed by atoms with van der Waals surface area (Å²) in [5.74, 6) is 2.39. The first kappa shape index (κ1) is 12.6. The monoisotopic (exact) mass is 281 g/mol. The standard InChI is InChI=1S/C13H15NO4S/c15-13(16)10-7-19-4-3-14(10)6-9-1-2-11-12(5-9)18-8-17-11/h1-2,5,10H,3-4,6-8H2,(H,15,16). The molecule has 0 bridgehead atoms. The number of rotatable bonds is 3. The SMILES string of the molecule is O=C(O)C1CSCCN1Cc1ccc2c(c1)OCO2. The molecule has 1 aromatic rings. The first-order chi connectivity index (χ1) is 9.24. The van der Waals surface area contributed by atoms with Crippen LogP contribution >= 0.6 is 11.8 Å². The Hall–Kier alpha value is -1.40. The summed E-state index contributed by atoms with van der Waals surface area (Å²) in [5.41, 5.74) is 1.06. The van der Waals surface area contributed by atoms with E-state index in [1.165, 1.54) is 0 Å². The van der Waals surface area contributed by atoms with Crippen molar-refractivity contribution in [3.8, 4) is 11.5 Å². The van der Waals surface area contributed by atoms with Crippen molar-refractivity contribution >= 4 is 17.7 Å². The van der Waals surface area contributed by atoms with E-state index < -0.39 is 12.0 Å². The number of ether oxygens (including phenoxy) is 2. The number of hydrogen-bond acceptors (Lipinski definition) is 5. The predicted octanol–water partition coefficient (Wildman–Crippen LogP) is 1.42. The van der Waals surface area contributed by atoms with Crippen LogP contribution in [-0.2, 0) is 11.3 Å². The Bertz CT molecular complexity index is 494. The normalized spacial score (nSPS) is 22.4. The molecule has 2 heterocycles. The molecule has 5 nitrogen and oxygen atoms in total. The third kappa shape index (κ3) is 2.64. The number of benzene rings is 1. The lowest BCUT2D eigenvalue weighted by atomic mass is 10.1. The highest BCUT2D eigenvalue weighted by Crippen LogP contribution is 2.33. The lowest BCUT2D eigenvalue weighted by Gasteiger charge is -2.32. The number of aliphatic carboxylic acids is 1. The Morgan fingerprint density at radius 1 is 1.42 bits per heavy atom. The summed E-state index contributed by atoms with van der Waals surface area (Å²) in [7, 11) is 0. The number of hydrogen-bond donors (Lipinski definition) is 1. The van der Waals surface area contributed by atoms with Crippen LogP contribution < -0.4 is 9.47 Å². The third-order valence-electron chi connectivity index (χ3n) is 3.35. The molecule has 2 aliphatic heterocycles. The minimum Gasteiger partial charge on any atom is -0.480 e. The second-order valence-corrected chi connectivity index (χ2v) is 5.74. The van der Waals surface area contributed by atoms with Gasteiger partial charge in [0.2, 0.25) is 6.79 Å². The molecule has 6 heteroatoms. The maximum absolute atomic E-state index is 11.2. The quantitative estimate of drug-likeness (QED) is 0.904. The third-order valence-corrected chi connectivity index (χ3v) is 4.37. The molecule has 102 valence electrons. The van der Waals surface area contributed by atoms with Gasteiger partial charge in [-0.25, -0.2) is 0 Å². The van der Waals surface area contributed by atoms with Crippen LogP contribution in [0, 0.1) is 0 Å². The minimum absolute atomic E-state index is 0.261. The van der Waals surface area contributed by atoms with Crippen LogP contribution in [0.2, 0.25) is 0 Å². The van der Waals surface area contributed by atoms with E-state index in [4.69, 9.17) is 9.47 Å². The van der Waals surface area contributed by atoms with Gasteiger partial charge in [-0.2, -0.15) is 11.8 Å². The van der Waals surface area contributed by atoms with Gasteiger partial charge < -0.3 is 14.6 Å². The van der Waals surface area contributed by atoms with Gasteiger partial charge in [-0.05, 0) is 17.7 Å². The molecule has 0 spiro atoms. The summed E-state index contributed by atoms with van der Waals surface area (Å²) < 4.78 is 10.6. The van der Waals surface area contributed by atoms with E-state index in [0.29, 0.717) is 12.3 Å². The zero-order valence-electron chi connectivity index (χ0n) is 10.4. The zero-order valence-corrected chi connectivity index (χ0v) is 11.2. The average molecular weight is 281 g/mol. The van der Waals surface area contributed by atoms with Gasteiger partial charge >= 0.3 is 5.97 Å². The Labute approximate surface area is 115 Å². The molecule has 3 rings (SSSR count). The molecular weight excluding hydrogens is 266 g/mol. The Kier molecular flexibility index (Phi) is 3.52. The van der Waals surface area contributed by atoms with Crippen LogP contribution in [0.3, 0.4) is 0 Å². The molecule has 1 saturated heterocycles. The van der Waals surface area contributed by atoms with Crippen LogP contribution in [0.15, 0.2) is 18.2 Å². The summed E-state index contributed by atoms with van der Waals surface area (Å²) >= 11 is 1.70. The van der Waals surface area contributed by atoms with Gasteiger partial charge in [0.25, 0.3) is 0 Å². The molecule has 1 unspecified atom stereocenters. The van der Waals surface area contributed by atoms with Gasteiger partial charge in [-0.3, -0.25) is 9.69 Å². The van der Waals surface area contributed by atoms with E-state index in [0.717, 1.165) is 29.4 Å². The number of carboxylic acids is 1. The maximum Gasteiger partial charge on any atom is 0.321 e. The topological polar surface area (TPSA) is 59.0 Å². The van der Waals surface area contributed by atoms with Crippen molar-refractivity contribution in [3.63, 3.8) is 0 Å². The van der Waals surface area contributed by atoms with Gasteiger partial charge in [-0.1, -0.05) is 6.07 Å². The molecule has 0 saturated carbocycles. The van der Waals surface area contributed by atoms with E-state index >= 15 is 0 Å². The van der Waals surface area contributed by atoms with E-state index in [1.807, 2.05) is 23.1 Å². The lowest BCUT2D eigenvalue weighted by Crippen LogP contribution is -2.46. The molecule has 0 aliphatic carbocycles. The van der Waals surface area contributed by atoms with Crippen LogP contribution in [0.25, 0.3) is 0 Å². The second-order valence-electron chi connectivity index (χ2n) is 4.59.